The van der Waals surface area contributed by atoms with Crippen molar-refractivity contribution in [3.05, 3.63) is 21.7 Å². The topological polar surface area (TPSA) is 99.5 Å². The van der Waals surface area contributed by atoms with Crippen molar-refractivity contribution >= 4 is 29.1 Å². The molecule has 6 atom stereocenters. The van der Waals surface area contributed by atoms with Crippen LogP contribution in [-0.4, -0.2) is 45.1 Å². The molecule has 0 aliphatic carbocycles. The molecule has 1 unspecified atom stereocenters. The summed E-state index contributed by atoms with van der Waals surface area (Å²) < 4.78 is 0. The molecule has 7 heteroatoms. The van der Waals surface area contributed by atoms with Crippen LogP contribution in [-0.2, 0) is 9.59 Å². The first-order valence-electron chi connectivity index (χ1n) is 12.6. The second kappa shape index (κ2) is 12.4. The van der Waals surface area contributed by atoms with Gasteiger partial charge in [-0.3, -0.25) is 9.59 Å². The van der Waals surface area contributed by atoms with Gasteiger partial charge in [0.15, 0.2) is 0 Å². The van der Waals surface area contributed by atoms with Gasteiger partial charge in [0.25, 0.3) is 0 Å². The third-order valence-electron chi connectivity index (χ3n) is 7.44. The fraction of sp³-hybridized carbons (Fsp3) is 0.741. The van der Waals surface area contributed by atoms with Crippen LogP contribution in [0.4, 0.5) is 0 Å². The van der Waals surface area contributed by atoms with Gasteiger partial charge >= 0.3 is 0 Å². The molecule has 1 amide bonds. The molecule has 1 fully saturated rings. The summed E-state index contributed by atoms with van der Waals surface area (Å²) in [7, 11) is 0. The molecule has 0 aromatic carbocycles. The standard InChI is InChI=1S/C27H44N2O4S/c1-16-9-8-10-17(2)23(30)13-22(18(3)12-21-15-34-20(5)28-21)29-25(32)14-24(31)27(6,7)26(33)19(4)11-16/h12,15-17,19,22-24,30-31H,8-11,13-14H2,1-7H3,(H,29,32)/b18-12+/t16-,17-,19+,22?,23-,24-/m0/s1. The summed E-state index contributed by atoms with van der Waals surface area (Å²) in [6, 6.07) is -0.385. The number of hydrogen-bond donors (Lipinski definition) is 3. The molecule has 0 spiro atoms. The lowest BCUT2D eigenvalue weighted by Gasteiger charge is -2.33. The number of hydrogen-bond acceptors (Lipinski definition) is 6. The summed E-state index contributed by atoms with van der Waals surface area (Å²) in [5, 5.41) is 27.8. The van der Waals surface area contributed by atoms with Gasteiger partial charge in [0, 0.05) is 11.3 Å². The van der Waals surface area contributed by atoms with E-state index < -0.39 is 17.6 Å². The number of aryl methyl sites for hydroxylation is 1. The van der Waals surface area contributed by atoms with Crippen LogP contribution >= 0.6 is 11.3 Å². The van der Waals surface area contributed by atoms with E-state index in [-0.39, 0.29) is 36.0 Å². The number of aliphatic hydroxyl groups excluding tert-OH is 2. The van der Waals surface area contributed by atoms with Crippen LogP contribution in [0.2, 0.25) is 0 Å². The molecule has 1 aliphatic heterocycles. The van der Waals surface area contributed by atoms with Crippen molar-refractivity contribution < 1.29 is 19.8 Å². The molecule has 1 saturated heterocycles. The van der Waals surface area contributed by atoms with Gasteiger partial charge in [0.2, 0.25) is 5.91 Å². The summed E-state index contributed by atoms with van der Waals surface area (Å²) in [5.74, 6) is -0.0296. The van der Waals surface area contributed by atoms with Crippen molar-refractivity contribution in [2.45, 2.75) is 105 Å². The van der Waals surface area contributed by atoms with Crippen LogP contribution in [0.25, 0.3) is 6.08 Å². The van der Waals surface area contributed by atoms with E-state index in [0.29, 0.717) is 12.3 Å². The first kappa shape index (κ1) is 28.7. The van der Waals surface area contributed by atoms with E-state index in [4.69, 9.17) is 0 Å². The van der Waals surface area contributed by atoms with E-state index in [1.54, 1.807) is 25.2 Å². The SMILES string of the molecule is C/C(=C\c1csc(C)n1)C1C[C@H](O)[C@@H](C)CCC[C@H](C)C[C@@H](C)C(=O)C(C)(C)[C@@H](O)CC(=O)N1. The highest BCUT2D eigenvalue weighted by molar-refractivity contribution is 7.09. The highest BCUT2D eigenvalue weighted by Gasteiger charge is 2.39. The predicted octanol–water partition coefficient (Wildman–Crippen LogP) is 4.92. The molecule has 2 rings (SSSR count). The van der Waals surface area contributed by atoms with Gasteiger partial charge in [0.05, 0.1) is 40.8 Å². The zero-order valence-corrected chi connectivity index (χ0v) is 22.7. The molecular formula is C27H44N2O4S. The Morgan fingerprint density at radius 2 is 1.85 bits per heavy atom. The van der Waals surface area contributed by atoms with E-state index in [1.807, 2.05) is 32.2 Å². The van der Waals surface area contributed by atoms with Gasteiger partial charge in [-0.1, -0.05) is 47.5 Å². The van der Waals surface area contributed by atoms with Crippen molar-refractivity contribution in [1.29, 1.82) is 0 Å². The smallest absolute Gasteiger partial charge is 0.223 e. The lowest BCUT2D eigenvalue weighted by atomic mass is 9.73. The molecular weight excluding hydrogens is 448 g/mol. The first-order valence-corrected chi connectivity index (χ1v) is 13.5. The largest absolute Gasteiger partial charge is 0.393 e. The Kier molecular flexibility index (Phi) is 10.5. The summed E-state index contributed by atoms with van der Waals surface area (Å²) in [5.41, 5.74) is 0.719. The van der Waals surface area contributed by atoms with E-state index in [1.165, 1.54) is 0 Å². The Bertz CT molecular complexity index is 863. The number of aromatic nitrogens is 1. The van der Waals surface area contributed by atoms with Crippen molar-refractivity contribution in [1.82, 2.24) is 10.3 Å². The Morgan fingerprint density at radius 1 is 1.18 bits per heavy atom. The number of carbonyl (C=O) groups is 2. The minimum atomic E-state index is -1.08. The third-order valence-corrected chi connectivity index (χ3v) is 8.23. The second-order valence-electron chi connectivity index (χ2n) is 11.1. The van der Waals surface area contributed by atoms with Gasteiger partial charge in [0.1, 0.15) is 5.78 Å². The summed E-state index contributed by atoms with van der Waals surface area (Å²) >= 11 is 1.56. The van der Waals surface area contributed by atoms with Gasteiger partial charge in [-0.2, -0.15) is 0 Å². The Hall–Kier alpha value is -1.57. The zero-order chi connectivity index (χ0) is 25.6. The maximum Gasteiger partial charge on any atom is 0.223 e. The molecule has 1 aromatic rings. The molecule has 2 heterocycles. The molecule has 192 valence electrons. The minimum absolute atomic E-state index is 0.00191. The Morgan fingerprint density at radius 3 is 2.47 bits per heavy atom. The van der Waals surface area contributed by atoms with E-state index in [0.717, 1.165) is 42.0 Å². The number of thiazole rings is 1. The van der Waals surface area contributed by atoms with E-state index in [9.17, 15) is 19.8 Å². The minimum Gasteiger partial charge on any atom is -0.393 e. The molecule has 3 N–H and O–H groups in total. The molecule has 0 radical (unpaired) electrons. The van der Waals surface area contributed by atoms with Crippen LogP contribution in [0.5, 0.6) is 0 Å². The highest BCUT2D eigenvalue weighted by Crippen LogP contribution is 2.32. The van der Waals surface area contributed by atoms with Crippen LogP contribution in [0, 0.1) is 30.1 Å². The highest BCUT2D eigenvalue weighted by atomic mass is 32.1. The first-order chi connectivity index (χ1) is 15.8. The zero-order valence-electron chi connectivity index (χ0n) is 21.9. The van der Waals surface area contributed by atoms with Crippen molar-refractivity contribution in [2.24, 2.45) is 23.2 Å². The molecule has 0 bridgehead atoms. The van der Waals surface area contributed by atoms with Gasteiger partial charge in [-0.15, -0.1) is 11.3 Å². The van der Waals surface area contributed by atoms with E-state index >= 15 is 0 Å². The predicted molar refractivity (Wildman–Crippen MR) is 138 cm³/mol. The summed E-state index contributed by atoms with van der Waals surface area (Å²) in [6.07, 6.45) is 4.17. The maximum absolute atomic E-state index is 13.2. The molecule has 34 heavy (non-hydrogen) atoms. The van der Waals surface area contributed by atoms with Gasteiger partial charge in [-0.05, 0) is 56.6 Å². The normalized spacial score (nSPS) is 32.9. The summed E-state index contributed by atoms with van der Waals surface area (Å²) in [4.78, 5) is 30.6. The fourth-order valence-corrected chi connectivity index (χ4v) is 5.48. The fourth-order valence-electron chi connectivity index (χ4n) is 4.91. The number of ketones is 1. The number of nitrogens with one attached hydrogen (secondary N) is 1. The van der Waals surface area contributed by atoms with Gasteiger partial charge in [-0.25, -0.2) is 4.98 Å². The number of rotatable bonds is 2. The molecule has 1 aliphatic rings. The summed E-state index contributed by atoms with van der Waals surface area (Å²) in [6.45, 7) is 13.5. The number of nitrogens with zero attached hydrogens (tertiary/aromatic N) is 1. The Labute approximate surface area is 209 Å². The number of Topliss-reactive ketones (excluding diaryl/α,β-unsaturated/α-hetero) is 1. The van der Waals surface area contributed by atoms with Crippen LogP contribution in [0.1, 0.15) is 90.8 Å². The van der Waals surface area contributed by atoms with E-state index in [2.05, 4.69) is 24.1 Å². The number of aliphatic hydroxyl groups is 2. The van der Waals surface area contributed by atoms with Crippen LogP contribution < -0.4 is 5.32 Å². The lowest BCUT2D eigenvalue weighted by molar-refractivity contribution is -0.139. The number of carbonyl (C=O) groups excluding carboxylic acids is 2. The van der Waals surface area contributed by atoms with Crippen molar-refractivity contribution in [3.63, 3.8) is 0 Å². The van der Waals surface area contributed by atoms with Crippen LogP contribution in [0.3, 0.4) is 0 Å². The number of amides is 1. The third kappa shape index (κ3) is 7.99. The second-order valence-corrected chi connectivity index (χ2v) is 12.1. The average Bonchev–Trinajstić information content (AvgIpc) is 3.15. The quantitative estimate of drug-likeness (QED) is 0.544. The maximum atomic E-state index is 13.2. The molecule has 1 aromatic heterocycles. The van der Waals surface area contributed by atoms with Crippen LogP contribution in [0.15, 0.2) is 11.0 Å². The monoisotopic (exact) mass is 492 g/mol. The Balaban J connectivity index is 2.30. The average molecular weight is 493 g/mol. The molecule has 6 nitrogen and oxygen atoms in total. The lowest BCUT2D eigenvalue weighted by Crippen LogP contribution is -2.45. The van der Waals surface area contributed by atoms with Gasteiger partial charge < -0.3 is 15.5 Å². The molecule has 0 saturated carbocycles. The van der Waals surface area contributed by atoms with Crippen molar-refractivity contribution in [2.75, 3.05) is 0 Å². The van der Waals surface area contributed by atoms with Crippen molar-refractivity contribution in [3.8, 4) is 0 Å².